The van der Waals surface area contributed by atoms with Crippen molar-refractivity contribution in [1.82, 2.24) is 0 Å². The molecule has 0 N–H and O–H groups in total. The van der Waals surface area contributed by atoms with E-state index in [-0.39, 0.29) is 18.0 Å². The zero-order valence-electron chi connectivity index (χ0n) is 17.2. The van der Waals surface area contributed by atoms with E-state index in [2.05, 4.69) is 16.4 Å². The van der Waals surface area contributed by atoms with E-state index in [0.717, 1.165) is 43.7 Å². The largest absolute Gasteiger partial charge is 0.460 e. The normalized spacial score (nSPS) is 14.1. The van der Waals surface area contributed by atoms with Gasteiger partial charge in [-0.3, -0.25) is 9.59 Å². The number of hydrogen-bond acceptors (Lipinski definition) is 6. The van der Waals surface area contributed by atoms with Crippen LogP contribution < -0.4 is 20.7 Å². The second kappa shape index (κ2) is 9.07. The molecule has 1 saturated heterocycles. The highest BCUT2D eigenvalue weighted by Gasteiger charge is 2.27. The lowest BCUT2D eigenvalue weighted by atomic mass is 9.96. The van der Waals surface area contributed by atoms with Crippen molar-refractivity contribution < 1.29 is 9.53 Å². The van der Waals surface area contributed by atoms with E-state index in [0.29, 0.717) is 23.4 Å². The van der Waals surface area contributed by atoms with Gasteiger partial charge in [-0.1, -0.05) is 18.7 Å². The fraction of sp³-hybridized carbons (Fsp3) is 0.435. The van der Waals surface area contributed by atoms with Gasteiger partial charge in [0.25, 0.3) is 0 Å². The van der Waals surface area contributed by atoms with Gasteiger partial charge >= 0.3 is 5.97 Å². The second-order valence-electron chi connectivity index (χ2n) is 7.47. The molecule has 3 rings (SSSR count). The molecule has 0 radical (unpaired) electrons. The third kappa shape index (κ3) is 4.42. The fourth-order valence-corrected chi connectivity index (χ4v) is 3.75. The first kappa shape index (κ1) is 20.8. The molecule has 29 heavy (non-hydrogen) atoms. The lowest BCUT2D eigenvalue weighted by molar-refractivity contribution is -0.138. The first-order valence-electron chi connectivity index (χ1n) is 10.2. The highest BCUT2D eigenvalue weighted by molar-refractivity contribution is 5.87. The number of likely N-dealkylation sites (N-methyl/N-ethyl adjacent to an activating group) is 1. The van der Waals surface area contributed by atoms with E-state index < -0.39 is 5.43 Å². The van der Waals surface area contributed by atoms with Gasteiger partial charge in [0.1, 0.15) is 12.3 Å². The summed E-state index contributed by atoms with van der Waals surface area (Å²) in [7, 11) is 0. The molecule has 0 bridgehead atoms. The van der Waals surface area contributed by atoms with Gasteiger partial charge in [-0.25, -0.2) is 4.79 Å². The molecule has 1 aliphatic heterocycles. The smallest absolute Gasteiger partial charge is 0.333 e. The van der Waals surface area contributed by atoms with E-state index in [1.54, 1.807) is 6.92 Å². The van der Waals surface area contributed by atoms with E-state index in [4.69, 9.17) is 4.74 Å². The summed E-state index contributed by atoms with van der Waals surface area (Å²) in [6.45, 7) is 10.5. The summed E-state index contributed by atoms with van der Waals surface area (Å²) in [5.41, 5.74) is 2.51. The Morgan fingerprint density at radius 1 is 1.10 bits per heavy atom. The summed E-state index contributed by atoms with van der Waals surface area (Å²) in [6, 6.07) is 7.66. The molecule has 1 aliphatic rings. The van der Waals surface area contributed by atoms with Gasteiger partial charge in [0.2, 0.25) is 10.9 Å². The zero-order chi connectivity index (χ0) is 21.0. The summed E-state index contributed by atoms with van der Waals surface area (Å²) in [4.78, 5) is 40.1. The molecule has 0 saturated carbocycles. The molecule has 6 heteroatoms. The maximum atomic E-state index is 12.3. The molecular formula is C23H28N2O4. The third-order valence-corrected chi connectivity index (χ3v) is 5.40. The van der Waals surface area contributed by atoms with Crippen LogP contribution >= 0.6 is 0 Å². The highest BCUT2D eigenvalue weighted by Crippen LogP contribution is 2.30. The van der Waals surface area contributed by atoms with Crippen LogP contribution in [0.3, 0.4) is 0 Å². The summed E-state index contributed by atoms with van der Waals surface area (Å²) in [5.74, 6) is -0.387. The molecule has 2 aromatic rings. The van der Waals surface area contributed by atoms with Gasteiger partial charge in [0.05, 0.1) is 12.1 Å². The van der Waals surface area contributed by atoms with Gasteiger partial charge in [-0.05, 0) is 50.8 Å². The first-order valence-corrected chi connectivity index (χ1v) is 10.2. The number of carbonyl (C=O) groups excluding carboxylic acids is 1. The number of hydrogen-bond donors (Lipinski definition) is 0. The number of nitrogens with zero attached hydrogens (tertiary/aromatic N) is 2. The summed E-state index contributed by atoms with van der Waals surface area (Å²) >= 11 is 0. The van der Waals surface area contributed by atoms with E-state index in [9.17, 15) is 14.4 Å². The predicted octanol–water partition coefficient (Wildman–Crippen LogP) is 2.89. The van der Waals surface area contributed by atoms with Gasteiger partial charge in [-0.2, -0.15) is 0 Å². The summed E-state index contributed by atoms with van der Waals surface area (Å²) in [5, 5.41) is 0. The Morgan fingerprint density at radius 2 is 1.76 bits per heavy atom. The van der Waals surface area contributed by atoms with Gasteiger partial charge in [0.15, 0.2) is 0 Å². The van der Waals surface area contributed by atoms with Crippen LogP contribution in [0.1, 0.15) is 33.1 Å². The Bertz CT molecular complexity index is 948. The minimum Gasteiger partial charge on any atom is -0.460 e. The molecule has 0 unspecified atom stereocenters. The quantitative estimate of drug-likeness (QED) is 0.388. The number of rotatable bonds is 8. The number of piperidine rings is 1. The van der Waals surface area contributed by atoms with Gasteiger partial charge in [0, 0.05) is 30.9 Å². The molecule has 1 fully saturated rings. The van der Waals surface area contributed by atoms with E-state index in [1.807, 2.05) is 31.2 Å². The molecule has 1 heterocycles. The van der Waals surface area contributed by atoms with E-state index in [1.165, 1.54) is 6.42 Å². The Balaban J connectivity index is 1.72. The topological polar surface area (TPSA) is 66.9 Å². The average molecular weight is 396 g/mol. The maximum Gasteiger partial charge on any atom is 0.333 e. The van der Waals surface area contributed by atoms with Gasteiger partial charge in [-0.15, -0.1) is 0 Å². The lowest BCUT2D eigenvalue weighted by Gasteiger charge is -2.31. The van der Waals surface area contributed by atoms with Crippen molar-refractivity contribution in [2.45, 2.75) is 33.1 Å². The monoisotopic (exact) mass is 396 g/mol. The van der Waals surface area contributed by atoms with Crippen molar-refractivity contribution in [3.05, 3.63) is 56.9 Å². The third-order valence-electron chi connectivity index (χ3n) is 5.40. The van der Waals surface area contributed by atoms with Crippen LogP contribution in [0.15, 0.2) is 46.0 Å². The predicted molar refractivity (Wildman–Crippen MR) is 117 cm³/mol. The number of carbonyl (C=O) groups is 1. The first-order chi connectivity index (χ1) is 13.9. The van der Waals surface area contributed by atoms with Crippen molar-refractivity contribution in [2.24, 2.45) is 0 Å². The van der Waals surface area contributed by atoms with Crippen molar-refractivity contribution in [3.8, 4) is 11.1 Å². The Kier molecular flexibility index (Phi) is 6.52. The van der Waals surface area contributed by atoms with Crippen LogP contribution in [0.2, 0.25) is 0 Å². The van der Waals surface area contributed by atoms with Gasteiger partial charge < -0.3 is 14.5 Å². The van der Waals surface area contributed by atoms with E-state index >= 15 is 0 Å². The number of benzene rings is 1. The number of esters is 1. The molecular weight excluding hydrogens is 368 g/mol. The molecule has 154 valence electrons. The van der Waals surface area contributed by atoms with Crippen molar-refractivity contribution in [2.75, 3.05) is 42.6 Å². The Labute approximate surface area is 171 Å². The molecule has 0 amide bonds. The Hall–Kier alpha value is -2.89. The van der Waals surface area contributed by atoms with Crippen molar-refractivity contribution in [1.29, 1.82) is 0 Å². The maximum absolute atomic E-state index is 12.3. The molecule has 0 spiro atoms. The molecule has 6 nitrogen and oxygen atoms in total. The minimum absolute atomic E-state index is 0.276. The van der Waals surface area contributed by atoms with Crippen LogP contribution in [0, 0.1) is 0 Å². The van der Waals surface area contributed by atoms with Crippen molar-refractivity contribution >= 4 is 17.3 Å². The molecule has 0 aromatic heterocycles. The number of ether oxygens (including phenoxy) is 1. The van der Waals surface area contributed by atoms with Crippen LogP contribution in [-0.4, -0.2) is 38.8 Å². The fourth-order valence-electron chi connectivity index (χ4n) is 3.75. The van der Waals surface area contributed by atoms with Crippen LogP contribution in [0.4, 0.5) is 11.4 Å². The SMILES string of the molecule is C=C(C)C(=O)OCCN(CC)c1ccc(-c2c(N3CCCCC3)c(=O)c2=O)cc1. The number of anilines is 2. The molecule has 0 atom stereocenters. The molecule has 0 aliphatic carbocycles. The second-order valence-corrected chi connectivity index (χ2v) is 7.47. The summed E-state index contributed by atoms with van der Waals surface area (Å²) in [6.07, 6.45) is 3.28. The Morgan fingerprint density at radius 3 is 2.34 bits per heavy atom. The average Bonchev–Trinajstić information content (AvgIpc) is 2.75. The lowest BCUT2D eigenvalue weighted by Crippen LogP contribution is -2.44. The standard InChI is InChI=1S/C23H28N2O4/c1-4-24(14-15-29-23(28)16(2)3)18-10-8-17(9-11-18)19-20(22(27)21(19)26)25-12-6-5-7-13-25/h8-11H,2,4-7,12-15H2,1,3H3. The zero-order valence-corrected chi connectivity index (χ0v) is 17.2. The minimum atomic E-state index is -0.391. The molecule has 2 aromatic carbocycles. The summed E-state index contributed by atoms with van der Waals surface area (Å²) < 4.78 is 5.18. The van der Waals surface area contributed by atoms with Crippen LogP contribution in [0.5, 0.6) is 0 Å². The van der Waals surface area contributed by atoms with Crippen molar-refractivity contribution in [3.63, 3.8) is 0 Å². The van der Waals surface area contributed by atoms with Crippen LogP contribution in [0.25, 0.3) is 11.1 Å². The van der Waals surface area contributed by atoms with Crippen LogP contribution in [-0.2, 0) is 9.53 Å². The highest BCUT2D eigenvalue weighted by atomic mass is 16.5.